The summed E-state index contributed by atoms with van der Waals surface area (Å²) in [5.74, 6) is 0. The Morgan fingerprint density at radius 3 is 2.11 bits per heavy atom. The van der Waals surface area contributed by atoms with Gasteiger partial charge in [-0.2, -0.15) is 0 Å². The summed E-state index contributed by atoms with van der Waals surface area (Å²) < 4.78 is 0.408. The van der Waals surface area contributed by atoms with E-state index in [1.165, 1.54) is 32.1 Å². The van der Waals surface area contributed by atoms with Crippen LogP contribution in [0.4, 0.5) is 0 Å². The van der Waals surface area contributed by atoms with Gasteiger partial charge in [-0.1, -0.05) is 42.0 Å². The first-order valence-electron chi connectivity index (χ1n) is 3.76. The average molecular weight is 188 g/mol. The number of halogens is 1. The molecule has 0 unspecified atom stereocenters. The Hall–Kier alpha value is 0.545. The quantitative estimate of drug-likeness (QED) is 0.438. The first-order chi connectivity index (χ1) is 4.27. The largest absolute Gasteiger partial charge is 0.129 e. The van der Waals surface area contributed by atoms with E-state index in [1.807, 2.05) is 0 Å². The van der Waals surface area contributed by atoms with Crippen LogP contribution in [0.1, 0.15) is 32.1 Å². The summed E-state index contributed by atoms with van der Waals surface area (Å²) in [5, 5.41) is 0. The first-order valence-corrected chi connectivity index (χ1v) is 4.56. The molecule has 1 aliphatic carbocycles. The molecule has 1 radical (unpaired) electrons. The van der Waals surface area contributed by atoms with Crippen molar-refractivity contribution < 1.29 is 0 Å². The van der Waals surface area contributed by atoms with Crippen molar-refractivity contribution in [2.24, 2.45) is 0 Å². The Labute approximate surface area is 66.8 Å². The lowest BCUT2D eigenvalue weighted by atomic mass is 9.61. The normalized spacial score (nSPS) is 25.6. The lowest BCUT2D eigenvalue weighted by Gasteiger charge is -2.29. The molecule has 9 heavy (non-hydrogen) atoms. The van der Waals surface area contributed by atoms with Gasteiger partial charge in [0, 0.05) is 0 Å². The molecule has 0 bridgehead atoms. The van der Waals surface area contributed by atoms with Crippen LogP contribution in [-0.4, -0.2) is 11.5 Å². The molecule has 0 aromatic carbocycles. The van der Waals surface area contributed by atoms with Crippen molar-refractivity contribution in [3.8, 4) is 0 Å². The van der Waals surface area contributed by atoms with Crippen molar-refractivity contribution in [1.29, 1.82) is 0 Å². The van der Waals surface area contributed by atoms with Gasteiger partial charge in [-0.05, 0) is 17.1 Å². The summed E-state index contributed by atoms with van der Waals surface area (Å²) in [5.41, 5.74) is 0. The zero-order valence-electron chi connectivity index (χ0n) is 5.99. The Kier molecular flexibility index (Phi) is 2.63. The minimum absolute atomic E-state index is 0.408. The molecule has 0 spiro atoms. The van der Waals surface area contributed by atoms with Gasteiger partial charge < -0.3 is 0 Å². The predicted molar refractivity (Wildman–Crippen MR) is 46.4 cm³/mol. The molecule has 1 fully saturated rings. The second-order valence-corrected chi connectivity index (χ2v) is 4.46. The maximum Gasteiger partial charge on any atom is 0.129 e. The minimum Gasteiger partial charge on any atom is -0.0952 e. The lowest BCUT2D eigenvalue weighted by molar-refractivity contribution is 0.487. The highest BCUT2D eigenvalue weighted by atomic mass is 79.9. The van der Waals surface area contributed by atoms with Gasteiger partial charge in [0.15, 0.2) is 0 Å². The van der Waals surface area contributed by atoms with Crippen molar-refractivity contribution in [3.63, 3.8) is 0 Å². The van der Waals surface area contributed by atoms with Crippen LogP contribution in [-0.2, 0) is 0 Å². The van der Waals surface area contributed by atoms with E-state index < -0.39 is 0 Å². The van der Waals surface area contributed by atoms with E-state index in [1.54, 1.807) is 0 Å². The molecule has 1 rings (SSSR count). The van der Waals surface area contributed by atoms with Crippen molar-refractivity contribution in [3.05, 3.63) is 0 Å². The van der Waals surface area contributed by atoms with Gasteiger partial charge in [0.1, 0.15) is 7.28 Å². The number of rotatable bonds is 1. The molecule has 0 amide bonds. The number of alkyl halides is 1. The molecule has 0 N–H and O–H groups in total. The second-order valence-electron chi connectivity index (χ2n) is 2.88. The fourth-order valence-electron chi connectivity index (χ4n) is 1.43. The first kappa shape index (κ1) is 7.65. The van der Waals surface area contributed by atoms with E-state index in [4.69, 9.17) is 0 Å². The highest BCUT2D eigenvalue weighted by Crippen LogP contribution is 2.34. The second kappa shape index (κ2) is 3.09. The van der Waals surface area contributed by atoms with Crippen LogP contribution in [0.15, 0.2) is 0 Å². The molecule has 51 valence electrons. The molecule has 0 aromatic rings. The van der Waals surface area contributed by atoms with E-state index in [0.717, 1.165) is 0 Å². The van der Waals surface area contributed by atoms with Crippen molar-refractivity contribution in [1.82, 2.24) is 0 Å². The van der Waals surface area contributed by atoms with Crippen molar-refractivity contribution in [2.75, 3.05) is 0 Å². The molecule has 0 nitrogen and oxygen atoms in total. The third-order valence-corrected chi connectivity index (χ3v) is 3.45. The summed E-state index contributed by atoms with van der Waals surface area (Å²) in [6.45, 7) is 2.15. The molecule has 0 heterocycles. The third-order valence-electron chi connectivity index (χ3n) is 2.20. The summed E-state index contributed by atoms with van der Waals surface area (Å²) >= 11 is 3.74. The molecule has 0 aromatic heterocycles. The Bertz CT molecular complexity index is 86.9. The van der Waals surface area contributed by atoms with Gasteiger partial charge in [-0.25, -0.2) is 0 Å². The Balaban J connectivity index is 2.37. The molecule has 1 saturated carbocycles. The molecule has 0 aliphatic heterocycles. The number of hydrogen-bond acceptors (Lipinski definition) is 0. The van der Waals surface area contributed by atoms with E-state index >= 15 is 0 Å². The molecule has 2 heteroatoms. The van der Waals surface area contributed by atoms with Gasteiger partial charge in [0.2, 0.25) is 0 Å². The van der Waals surface area contributed by atoms with E-state index in [9.17, 15) is 0 Å². The molecular weight excluding hydrogens is 175 g/mol. The Morgan fingerprint density at radius 2 is 1.78 bits per heavy atom. The highest BCUT2D eigenvalue weighted by molar-refractivity contribution is 9.10. The highest BCUT2D eigenvalue weighted by Gasteiger charge is 2.26. The van der Waals surface area contributed by atoms with Gasteiger partial charge >= 0.3 is 0 Å². The van der Waals surface area contributed by atoms with Crippen LogP contribution in [0.5, 0.6) is 0 Å². The monoisotopic (exact) mass is 187 g/mol. The fourth-order valence-corrected chi connectivity index (χ4v) is 1.99. The van der Waals surface area contributed by atoms with Gasteiger partial charge in [-0.15, -0.1) is 0 Å². The third kappa shape index (κ3) is 2.00. The van der Waals surface area contributed by atoms with Crippen LogP contribution in [0.25, 0.3) is 0 Å². The zero-order chi connectivity index (χ0) is 6.74. The van der Waals surface area contributed by atoms with Crippen LogP contribution in [0.3, 0.4) is 0 Å². The fraction of sp³-hybridized carbons (Fsp3) is 1.00. The maximum atomic E-state index is 3.74. The van der Waals surface area contributed by atoms with E-state index in [-0.39, 0.29) is 0 Å². The minimum atomic E-state index is 0.408. The lowest BCUT2D eigenvalue weighted by Crippen LogP contribution is -2.29. The predicted octanol–water partition coefficient (Wildman–Crippen LogP) is 2.79. The van der Waals surface area contributed by atoms with Gasteiger partial charge in [0.05, 0.1) is 0 Å². The SMILES string of the molecule is C[B]C1(Br)CCCCC1. The summed E-state index contributed by atoms with van der Waals surface area (Å²) in [6, 6.07) is 0. The molecule has 1 aliphatic rings. The molecule has 0 atom stereocenters. The van der Waals surface area contributed by atoms with Crippen molar-refractivity contribution >= 4 is 23.2 Å². The zero-order valence-corrected chi connectivity index (χ0v) is 7.58. The summed E-state index contributed by atoms with van der Waals surface area (Å²) in [4.78, 5) is 0. The molecule has 0 saturated heterocycles. The van der Waals surface area contributed by atoms with Gasteiger partial charge in [-0.3, -0.25) is 0 Å². The van der Waals surface area contributed by atoms with Crippen LogP contribution < -0.4 is 0 Å². The van der Waals surface area contributed by atoms with Gasteiger partial charge in [0.25, 0.3) is 0 Å². The summed E-state index contributed by atoms with van der Waals surface area (Å²) in [6.07, 6.45) is 6.90. The topological polar surface area (TPSA) is 0 Å². The van der Waals surface area contributed by atoms with E-state index in [0.29, 0.717) is 4.22 Å². The van der Waals surface area contributed by atoms with Crippen LogP contribution in [0, 0.1) is 0 Å². The summed E-state index contributed by atoms with van der Waals surface area (Å²) in [7, 11) is 2.30. The van der Waals surface area contributed by atoms with Crippen LogP contribution in [0.2, 0.25) is 6.82 Å². The van der Waals surface area contributed by atoms with Crippen LogP contribution >= 0.6 is 15.9 Å². The smallest absolute Gasteiger partial charge is 0.0952 e. The van der Waals surface area contributed by atoms with Crippen molar-refractivity contribution in [2.45, 2.75) is 43.2 Å². The molecular formula is C7H13BBr. The number of hydrogen-bond donors (Lipinski definition) is 0. The average Bonchev–Trinajstić information content (AvgIpc) is 1.90. The standard InChI is InChI=1S/C7H13BBr/c1-8-7(9)5-3-2-4-6-7/h2-6H2,1H3. The maximum absolute atomic E-state index is 3.74. The van der Waals surface area contributed by atoms with E-state index in [2.05, 4.69) is 30.0 Å². The Morgan fingerprint density at radius 1 is 1.22 bits per heavy atom.